The van der Waals surface area contributed by atoms with Gasteiger partial charge < -0.3 is 9.72 Å². The molecule has 0 unspecified atom stereocenters. The second-order valence-electron chi connectivity index (χ2n) is 6.55. The van der Waals surface area contributed by atoms with Crippen molar-refractivity contribution in [3.05, 3.63) is 102 Å². The lowest BCUT2D eigenvalue weighted by Crippen LogP contribution is -2.23. The zero-order valence-corrected chi connectivity index (χ0v) is 16.3. The Labute approximate surface area is 168 Å². The number of carbonyl (C=O) groups is 1. The van der Waals surface area contributed by atoms with Crippen molar-refractivity contribution in [1.29, 1.82) is 0 Å². The van der Waals surface area contributed by atoms with Crippen LogP contribution in [0, 0.1) is 0 Å². The van der Waals surface area contributed by atoms with E-state index in [1.807, 2.05) is 59.1 Å². The zero-order chi connectivity index (χ0) is 20.3. The number of amides is 1. The van der Waals surface area contributed by atoms with Crippen LogP contribution < -0.4 is 10.0 Å². The summed E-state index contributed by atoms with van der Waals surface area (Å²) in [6.07, 6.45) is 3.62. The minimum absolute atomic E-state index is 0.140. The van der Waals surface area contributed by atoms with E-state index in [9.17, 15) is 13.2 Å². The first kappa shape index (κ1) is 18.9. The molecule has 7 heteroatoms. The zero-order valence-electron chi connectivity index (χ0n) is 15.4. The Hall–Kier alpha value is -3.42. The number of sulfonamides is 1. The first-order chi connectivity index (χ1) is 14.0. The first-order valence-corrected chi connectivity index (χ1v) is 10.5. The molecule has 1 amide bonds. The highest BCUT2D eigenvalue weighted by atomic mass is 32.2. The molecular weight excluding hydrogens is 386 g/mol. The molecule has 0 bridgehead atoms. The van der Waals surface area contributed by atoms with Crippen molar-refractivity contribution in [2.24, 2.45) is 0 Å². The quantitative estimate of drug-likeness (QED) is 0.514. The van der Waals surface area contributed by atoms with Crippen molar-refractivity contribution in [2.75, 3.05) is 5.32 Å². The molecule has 2 N–H and O–H groups in total. The van der Waals surface area contributed by atoms with Crippen LogP contribution in [0.2, 0.25) is 0 Å². The standard InChI is InChI=1S/C22H19N3O3S/c26-22(18-14-20-8-4-5-13-25(20)16-18)24-19-9-11-21(12-10-19)29(27,28)23-15-17-6-2-1-3-7-17/h1-14,16,23H,15H2,(H,24,26). The Morgan fingerprint density at radius 3 is 2.34 bits per heavy atom. The molecule has 0 saturated heterocycles. The highest BCUT2D eigenvalue weighted by Crippen LogP contribution is 2.17. The molecule has 6 nitrogen and oxygen atoms in total. The number of pyridine rings is 1. The van der Waals surface area contributed by atoms with Crippen molar-refractivity contribution in [1.82, 2.24) is 9.12 Å². The molecule has 2 aromatic carbocycles. The van der Waals surface area contributed by atoms with Gasteiger partial charge in [-0.05, 0) is 48.0 Å². The number of carbonyl (C=O) groups excluding carboxylic acids is 1. The third kappa shape index (κ3) is 4.37. The van der Waals surface area contributed by atoms with Crippen molar-refractivity contribution in [3.8, 4) is 0 Å². The molecule has 0 radical (unpaired) electrons. The Balaban J connectivity index is 1.43. The van der Waals surface area contributed by atoms with Crippen LogP contribution in [0.5, 0.6) is 0 Å². The minimum atomic E-state index is -3.64. The fourth-order valence-electron chi connectivity index (χ4n) is 2.96. The Morgan fingerprint density at radius 1 is 0.897 bits per heavy atom. The molecule has 146 valence electrons. The smallest absolute Gasteiger partial charge is 0.257 e. The molecule has 2 aromatic heterocycles. The van der Waals surface area contributed by atoms with E-state index in [-0.39, 0.29) is 17.3 Å². The van der Waals surface area contributed by atoms with E-state index in [1.54, 1.807) is 24.4 Å². The average molecular weight is 405 g/mol. The van der Waals surface area contributed by atoms with Gasteiger partial charge in [-0.2, -0.15) is 0 Å². The van der Waals surface area contributed by atoms with Crippen molar-refractivity contribution in [3.63, 3.8) is 0 Å². The maximum atomic E-state index is 12.5. The predicted octanol–water partition coefficient (Wildman–Crippen LogP) is 3.67. The van der Waals surface area contributed by atoms with Crippen molar-refractivity contribution < 1.29 is 13.2 Å². The van der Waals surface area contributed by atoms with Gasteiger partial charge in [0, 0.05) is 30.1 Å². The summed E-state index contributed by atoms with van der Waals surface area (Å²) in [7, 11) is -3.64. The summed E-state index contributed by atoms with van der Waals surface area (Å²) >= 11 is 0. The van der Waals surface area contributed by atoms with E-state index in [2.05, 4.69) is 10.0 Å². The maximum Gasteiger partial charge on any atom is 0.257 e. The molecule has 0 atom stereocenters. The normalized spacial score (nSPS) is 11.4. The third-order valence-corrected chi connectivity index (χ3v) is 5.92. The molecule has 4 rings (SSSR count). The Morgan fingerprint density at radius 2 is 1.62 bits per heavy atom. The number of benzene rings is 2. The van der Waals surface area contributed by atoms with Gasteiger partial charge in [-0.1, -0.05) is 36.4 Å². The van der Waals surface area contributed by atoms with Gasteiger partial charge in [0.05, 0.1) is 10.5 Å². The molecule has 0 saturated carbocycles. The second-order valence-corrected chi connectivity index (χ2v) is 8.32. The van der Waals surface area contributed by atoms with E-state index < -0.39 is 10.0 Å². The highest BCUT2D eigenvalue weighted by Gasteiger charge is 2.14. The highest BCUT2D eigenvalue weighted by molar-refractivity contribution is 7.89. The predicted molar refractivity (Wildman–Crippen MR) is 112 cm³/mol. The summed E-state index contributed by atoms with van der Waals surface area (Å²) in [4.78, 5) is 12.6. The summed E-state index contributed by atoms with van der Waals surface area (Å²) in [5.41, 5.74) is 2.84. The summed E-state index contributed by atoms with van der Waals surface area (Å²) in [5.74, 6) is -0.258. The molecule has 29 heavy (non-hydrogen) atoms. The van der Waals surface area contributed by atoms with E-state index in [1.165, 1.54) is 12.1 Å². The van der Waals surface area contributed by atoms with Gasteiger partial charge in [0.25, 0.3) is 5.91 Å². The summed E-state index contributed by atoms with van der Waals surface area (Å²) in [6, 6.07) is 22.9. The topological polar surface area (TPSA) is 79.7 Å². The number of rotatable bonds is 6. The van der Waals surface area contributed by atoms with Crippen LogP contribution in [0.4, 0.5) is 5.69 Å². The summed E-state index contributed by atoms with van der Waals surface area (Å²) < 4.78 is 29.4. The molecule has 2 heterocycles. The fraction of sp³-hybridized carbons (Fsp3) is 0.0455. The number of aromatic nitrogens is 1. The van der Waals surface area contributed by atoms with Crippen molar-refractivity contribution in [2.45, 2.75) is 11.4 Å². The summed E-state index contributed by atoms with van der Waals surface area (Å²) in [6.45, 7) is 0.212. The van der Waals surface area contributed by atoms with Gasteiger partial charge >= 0.3 is 0 Å². The van der Waals surface area contributed by atoms with Gasteiger partial charge in [-0.15, -0.1) is 0 Å². The largest absolute Gasteiger partial charge is 0.323 e. The third-order valence-electron chi connectivity index (χ3n) is 4.50. The number of anilines is 1. The van der Waals surface area contributed by atoms with Crippen LogP contribution in [-0.2, 0) is 16.6 Å². The first-order valence-electron chi connectivity index (χ1n) is 9.03. The van der Waals surface area contributed by atoms with E-state index in [0.717, 1.165) is 11.1 Å². The van der Waals surface area contributed by atoms with Gasteiger partial charge in [0.1, 0.15) is 0 Å². The number of hydrogen-bond donors (Lipinski definition) is 2. The van der Waals surface area contributed by atoms with Crippen LogP contribution in [-0.4, -0.2) is 18.7 Å². The average Bonchev–Trinajstić information content (AvgIpc) is 3.18. The van der Waals surface area contributed by atoms with E-state index in [4.69, 9.17) is 0 Å². The Kier molecular flexibility index (Phi) is 5.16. The summed E-state index contributed by atoms with van der Waals surface area (Å²) in [5, 5.41) is 2.79. The van der Waals surface area contributed by atoms with Crippen LogP contribution in [0.3, 0.4) is 0 Å². The number of hydrogen-bond acceptors (Lipinski definition) is 3. The monoisotopic (exact) mass is 405 g/mol. The maximum absolute atomic E-state index is 12.5. The van der Waals surface area contributed by atoms with Crippen LogP contribution in [0.25, 0.3) is 5.52 Å². The van der Waals surface area contributed by atoms with Crippen LogP contribution >= 0.6 is 0 Å². The molecule has 0 aliphatic rings. The van der Waals surface area contributed by atoms with E-state index in [0.29, 0.717) is 11.3 Å². The molecule has 0 fully saturated rings. The van der Waals surface area contributed by atoms with Gasteiger partial charge in [-0.25, -0.2) is 13.1 Å². The molecule has 0 aliphatic heterocycles. The molecule has 4 aromatic rings. The lowest BCUT2D eigenvalue weighted by molar-refractivity contribution is 0.102. The lowest BCUT2D eigenvalue weighted by atomic mass is 10.2. The second kappa shape index (κ2) is 7.90. The number of fused-ring (bicyclic) bond motifs is 1. The van der Waals surface area contributed by atoms with E-state index >= 15 is 0 Å². The SMILES string of the molecule is O=C(Nc1ccc(S(=O)(=O)NCc2ccccc2)cc1)c1cc2ccccn2c1. The van der Waals surface area contributed by atoms with Crippen molar-refractivity contribution >= 4 is 27.1 Å². The minimum Gasteiger partial charge on any atom is -0.323 e. The lowest BCUT2D eigenvalue weighted by Gasteiger charge is -2.08. The molecule has 0 aliphatic carbocycles. The van der Waals surface area contributed by atoms with Gasteiger partial charge in [-0.3, -0.25) is 4.79 Å². The fourth-order valence-corrected chi connectivity index (χ4v) is 3.98. The number of nitrogens with one attached hydrogen (secondary N) is 2. The van der Waals surface area contributed by atoms with Crippen LogP contribution in [0.1, 0.15) is 15.9 Å². The van der Waals surface area contributed by atoms with Crippen LogP contribution in [0.15, 0.2) is 96.2 Å². The molecular formula is C22H19N3O3S. The van der Waals surface area contributed by atoms with Gasteiger partial charge in [0.2, 0.25) is 10.0 Å². The number of nitrogens with zero attached hydrogens (tertiary/aromatic N) is 1. The van der Waals surface area contributed by atoms with Gasteiger partial charge in [0.15, 0.2) is 0 Å². The Bertz CT molecular complexity index is 1210. The molecule has 0 spiro atoms.